The Hall–Kier alpha value is -2.33. The fraction of sp³-hybridized carbons (Fsp3) is 0.316. The van der Waals surface area contributed by atoms with Crippen molar-refractivity contribution in [3.63, 3.8) is 0 Å². The lowest BCUT2D eigenvalue weighted by atomic mass is 10.2. The topological polar surface area (TPSA) is 49.8 Å². The Balaban J connectivity index is 1.75. The number of rotatable bonds is 9. The lowest BCUT2D eigenvalue weighted by molar-refractivity contribution is 0.0696. The molecule has 0 saturated heterocycles. The minimum absolute atomic E-state index is 0.252. The van der Waals surface area contributed by atoms with E-state index in [1.165, 1.54) is 5.56 Å². The summed E-state index contributed by atoms with van der Waals surface area (Å²) >= 11 is 0. The Morgan fingerprint density at radius 3 is 2.61 bits per heavy atom. The molecule has 0 heterocycles. The molecule has 4 heteroatoms. The summed E-state index contributed by atoms with van der Waals surface area (Å²) in [6, 6.07) is 17.0. The van der Waals surface area contributed by atoms with Crippen LogP contribution in [0.25, 0.3) is 0 Å². The standard InChI is InChI=1S/C19H23NO3/c1-2-20(15-16-8-4-3-5-9-16)12-7-13-23-18-11-6-10-17(14-18)19(21)22/h3-6,8-11,14H,2,7,12-13,15H2,1H3,(H,21,22). The highest BCUT2D eigenvalue weighted by Gasteiger charge is 2.05. The smallest absolute Gasteiger partial charge is 0.335 e. The Kier molecular flexibility index (Phi) is 6.63. The van der Waals surface area contributed by atoms with Crippen molar-refractivity contribution in [1.29, 1.82) is 0 Å². The van der Waals surface area contributed by atoms with E-state index in [1.54, 1.807) is 24.3 Å². The quantitative estimate of drug-likeness (QED) is 0.718. The van der Waals surface area contributed by atoms with E-state index in [-0.39, 0.29) is 5.56 Å². The van der Waals surface area contributed by atoms with Crippen LogP contribution in [-0.2, 0) is 6.54 Å². The highest BCUT2D eigenvalue weighted by molar-refractivity contribution is 5.87. The number of benzene rings is 2. The SMILES string of the molecule is CCN(CCCOc1cccc(C(=O)O)c1)Cc1ccccc1. The van der Waals surface area contributed by atoms with Crippen LogP contribution < -0.4 is 4.74 Å². The van der Waals surface area contributed by atoms with E-state index in [2.05, 4.69) is 36.1 Å². The maximum atomic E-state index is 10.9. The summed E-state index contributed by atoms with van der Waals surface area (Å²) < 4.78 is 5.65. The molecule has 0 fully saturated rings. The zero-order valence-corrected chi connectivity index (χ0v) is 13.4. The monoisotopic (exact) mass is 313 g/mol. The third-order valence-corrected chi connectivity index (χ3v) is 3.66. The number of aromatic carboxylic acids is 1. The first kappa shape index (κ1) is 17.0. The highest BCUT2D eigenvalue weighted by Crippen LogP contribution is 2.13. The average molecular weight is 313 g/mol. The predicted octanol–water partition coefficient (Wildman–Crippen LogP) is 3.68. The molecule has 0 aliphatic carbocycles. The summed E-state index contributed by atoms with van der Waals surface area (Å²) in [7, 11) is 0. The van der Waals surface area contributed by atoms with Gasteiger partial charge in [0.05, 0.1) is 12.2 Å². The predicted molar refractivity (Wildman–Crippen MR) is 90.9 cm³/mol. The van der Waals surface area contributed by atoms with Crippen LogP contribution in [0.5, 0.6) is 5.75 Å². The third kappa shape index (κ3) is 5.75. The van der Waals surface area contributed by atoms with E-state index in [4.69, 9.17) is 9.84 Å². The number of carbonyl (C=O) groups is 1. The highest BCUT2D eigenvalue weighted by atomic mass is 16.5. The number of hydrogen-bond acceptors (Lipinski definition) is 3. The largest absolute Gasteiger partial charge is 0.494 e. The first-order chi connectivity index (χ1) is 11.2. The molecule has 23 heavy (non-hydrogen) atoms. The second-order valence-corrected chi connectivity index (χ2v) is 5.39. The van der Waals surface area contributed by atoms with Crippen molar-refractivity contribution in [2.75, 3.05) is 19.7 Å². The van der Waals surface area contributed by atoms with Crippen molar-refractivity contribution in [2.24, 2.45) is 0 Å². The van der Waals surface area contributed by atoms with Crippen molar-refractivity contribution < 1.29 is 14.6 Å². The molecule has 122 valence electrons. The number of ether oxygens (including phenoxy) is 1. The maximum Gasteiger partial charge on any atom is 0.335 e. The molecule has 0 aliphatic heterocycles. The van der Waals surface area contributed by atoms with Crippen molar-refractivity contribution in [3.05, 3.63) is 65.7 Å². The first-order valence-corrected chi connectivity index (χ1v) is 7.91. The Morgan fingerprint density at radius 2 is 1.91 bits per heavy atom. The molecule has 2 rings (SSSR count). The zero-order valence-electron chi connectivity index (χ0n) is 13.4. The third-order valence-electron chi connectivity index (χ3n) is 3.66. The summed E-state index contributed by atoms with van der Waals surface area (Å²) in [5, 5.41) is 8.96. The number of carboxylic acid groups (broad SMARTS) is 1. The van der Waals surface area contributed by atoms with E-state index in [9.17, 15) is 4.79 Å². The van der Waals surface area contributed by atoms with Crippen molar-refractivity contribution >= 4 is 5.97 Å². The second-order valence-electron chi connectivity index (χ2n) is 5.39. The molecule has 2 aromatic carbocycles. The van der Waals surface area contributed by atoms with Gasteiger partial charge >= 0.3 is 5.97 Å². The minimum atomic E-state index is -0.935. The molecule has 4 nitrogen and oxygen atoms in total. The van der Waals surface area contributed by atoms with Gasteiger partial charge in [0.25, 0.3) is 0 Å². The molecule has 0 spiro atoms. The van der Waals surface area contributed by atoms with Crippen LogP contribution in [0.4, 0.5) is 0 Å². The van der Waals surface area contributed by atoms with Gasteiger partial charge in [-0.15, -0.1) is 0 Å². The molecule has 0 saturated carbocycles. The molecular weight excluding hydrogens is 290 g/mol. The van der Waals surface area contributed by atoms with Crippen LogP contribution in [0.3, 0.4) is 0 Å². The fourth-order valence-electron chi connectivity index (χ4n) is 2.39. The van der Waals surface area contributed by atoms with Crippen LogP contribution in [0.2, 0.25) is 0 Å². The van der Waals surface area contributed by atoms with Gasteiger partial charge in [0.2, 0.25) is 0 Å². The van der Waals surface area contributed by atoms with Gasteiger partial charge in [-0.05, 0) is 36.7 Å². The zero-order chi connectivity index (χ0) is 16.5. The second kappa shape index (κ2) is 8.96. The van der Waals surface area contributed by atoms with Crippen LogP contribution in [0, 0.1) is 0 Å². The van der Waals surface area contributed by atoms with Crippen molar-refractivity contribution in [1.82, 2.24) is 4.90 Å². The van der Waals surface area contributed by atoms with Gasteiger partial charge in [-0.25, -0.2) is 4.79 Å². The van der Waals surface area contributed by atoms with Crippen molar-refractivity contribution in [2.45, 2.75) is 19.9 Å². The van der Waals surface area contributed by atoms with Crippen LogP contribution in [-0.4, -0.2) is 35.7 Å². The Morgan fingerprint density at radius 1 is 1.13 bits per heavy atom. The molecule has 0 amide bonds. The molecule has 0 aliphatic rings. The van der Waals surface area contributed by atoms with Crippen LogP contribution in [0.1, 0.15) is 29.3 Å². The van der Waals surface area contributed by atoms with E-state index in [0.717, 1.165) is 26.1 Å². The molecular formula is C19H23NO3. The van der Waals surface area contributed by atoms with E-state index in [0.29, 0.717) is 12.4 Å². The van der Waals surface area contributed by atoms with Gasteiger partial charge in [-0.3, -0.25) is 4.90 Å². The van der Waals surface area contributed by atoms with E-state index in [1.807, 2.05) is 6.07 Å². The average Bonchev–Trinajstić information content (AvgIpc) is 2.58. The molecule has 0 bridgehead atoms. The molecule has 0 aromatic heterocycles. The Labute approximate surface area is 137 Å². The summed E-state index contributed by atoms with van der Waals surface area (Å²) in [5.41, 5.74) is 1.56. The summed E-state index contributed by atoms with van der Waals surface area (Å²) in [6.45, 7) is 5.60. The van der Waals surface area contributed by atoms with Gasteiger partial charge in [-0.2, -0.15) is 0 Å². The van der Waals surface area contributed by atoms with Gasteiger partial charge in [-0.1, -0.05) is 43.3 Å². The van der Waals surface area contributed by atoms with Gasteiger partial charge in [0.15, 0.2) is 0 Å². The van der Waals surface area contributed by atoms with Gasteiger partial charge < -0.3 is 9.84 Å². The lowest BCUT2D eigenvalue weighted by Gasteiger charge is -2.20. The molecule has 0 radical (unpaired) electrons. The lowest BCUT2D eigenvalue weighted by Crippen LogP contribution is -2.25. The van der Waals surface area contributed by atoms with E-state index >= 15 is 0 Å². The molecule has 0 unspecified atom stereocenters. The van der Waals surface area contributed by atoms with Gasteiger partial charge in [0.1, 0.15) is 5.75 Å². The minimum Gasteiger partial charge on any atom is -0.494 e. The summed E-state index contributed by atoms with van der Waals surface area (Å²) in [4.78, 5) is 13.3. The number of carboxylic acids is 1. The fourth-order valence-corrected chi connectivity index (χ4v) is 2.39. The maximum absolute atomic E-state index is 10.9. The Bertz CT molecular complexity index is 613. The van der Waals surface area contributed by atoms with E-state index < -0.39 is 5.97 Å². The summed E-state index contributed by atoms with van der Waals surface area (Å²) in [5.74, 6) is -0.327. The molecule has 0 atom stereocenters. The molecule has 2 aromatic rings. The molecule has 1 N–H and O–H groups in total. The van der Waals surface area contributed by atoms with Gasteiger partial charge in [0, 0.05) is 13.1 Å². The number of nitrogens with zero attached hydrogens (tertiary/aromatic N) is 1. The van der Waals surface area contributed by atoms with Crippen LogP contribution in [0.15, 0.2) is 54.6 Å². The normalized spacial score (nSPS) is 10.7. The first-order valence-electron chi connectivity index (χ1n) is 7.91. The number of hydrogen-bond donors (Lipinski definition) is 1. The van der Waals surface area contributed by atoms with Crippen LogP contribution >= 0.6 is 0 Å². The van der Waals surface area contributed by atoms with Crippen molar-refractivity contribution in [3.8, 4) is 5.75 Å². The summed E-state index contributed by atoms with van der Waals surface area (Å²) in [6.07, 6.45) is 0.901.